The third-order valence-corrected chi connectivity index (χ3v) is 5.80. The molecule has 8 nitrogen and oxygen atoms in total. The maximum Gasteiger partial charge on any atom is 0.395 e. The second kappa shape index (κ2) is 8.89. The number of benzene rings is 1. The van der Waals surface area contributed by atoms with Gasteiger partial charge >= 0.3 is 11.9 Å². The Hall–Kier alpha value is -4.16. The standard InChI is InChI=1S/C22H13ClF4N6O2/c23-16-6-13(1-2-17(16)24)18-19(31-10-14(11-31)22(25,26)27)32(4-3-28)21(35)33(20(18)34)15-5-12(7-29)8-30-9-15/h1-2,5-6,8-9,14H,4,10-11H2. The molecule has 3 heterocycles. The van der Waals surface area contributed by atoms with Crippen molar-refractivity contribution in [1.82, 2.24) is 14.1 Å². The van der Waals surface area contributed by atoms with E-state index in [0.717, 1.165) is 22.9 Å². The van der Waals surface area contributed by atoms with Gasteiger partial charge in [0.05, 0.1) is 40.0 Å². The van der Waals surface area contributed by atoms with Crippen molar-refractivity contribution in [3.8, 4) is 29.0 Å². The van der Waals surface area contributed by atoms with Crippen LogP contribution in [-0.2, 0) is 6.54 Å². The molecule has 0 aliphatic carbocycles. The first-order chi connectivity index (χ1) is 16.6. The number of pyridine rings is 1. The number of nitriles is 2. The Morgan fingerprint density at radius 2 is 1.86 bits per heavy atom. The van der Waals surface area contributed by atoms with E-state index in [1.165, 1.54) is 23.2 Å². The molecule has 2 aromatic heterocycles. The lowest BCUT2D eigenvalue weighted by molar-refractivity contribution is -0.180. The Kier molecular flexibility index (Phi) is 6.09. The molecule has 1 aromatic carbocycles. The van der Waals surface area contributed by atoms with E-state index in [0.29, 0.717) is 4.57 Å². The number of alkyl halides is 3. The van der Waals surface area contributed by atoms with E-state index in [-0.39, 0.29) is 33.2 Å². The van der Waals surface area contributed by atoms with Gasteiger partial charge in [-0.1, -0.05) is 17.7 Å². The molecular weight excluding hydrogens is 492 g/mol. The molecule has 0 atom stereocenters. The van der Waals surface area contributed by atoms with Gasteiger partial charge in [0.25, 0.3) is 5.56 Å². The van der Waals surface area contributed by atoms with Gasteiger partial charge in [-0.25, -0.2) is 13.8 Å². The highest BCUT2D eigenvalue weighted by atomic mass is 35.5. The summed E-state index contributed by atoms with van der Waals surface area (Å²) in [5.41, 5.74) is -2.28. The molecule has 0 bridgehead atoms. The zero-order chi connectivity index (χ0) is 25.5. The lowest BCUT2D eigenvalue weighted by atomic mass is 9.97. The summed E-state index contributed by atoms with van der Waals surface area (Å²) >= 11 is 5.89. The minimum atomic E-state index is -4.49. The summed E-state index contributed by atoms with van der Waals surface area (Å²) in [4.78, 5) is 32.0. The Bertz CT molecular complexity index is 1530. The maximum absolute atomic E-state index is 13.8. The van der Waals surface area contributed by atoms with Crippen molar-refractivity contribution in [3.05, 3.63) is 73.9 Å². The summed E-state index contributed by atoms with van der Waals surface area (Å²) in [5, 5.41) is 18.2. The van der Waals surface area contributed by atoms with Gasteiger partial charge in [-0.2, -0.15) is 23.7 Å². The van der Waals surface area contributed by atoms with Gasteiger partial charge < -0.3 is 4.90 Å². The van der Waals surface area contributed by atoms with E-state index in [9.17, 15) is 32.4 Å². The fraction of sp³-hybridized carbons (Fsp3) is 0.227. The van der Waals surface area contributed by atoms with Gasteiger partial charge in [-0.3, -0.25) is 14.3 Å². The van der Waals surface area contributed by atoms with Gasteiger partial charge in [0.2, 0.25) is 0 Å². The molecule has 0 N–H and O–H groups in total. The minimum Gasteiger partial charge on any atom is -0.356 e. The smallest absolute Gasteiger partial charge is 0.356 e. The first-order valence-electron chi connectivity index (χ1n) is 9.96. The Morgan fingerprint density at radius 3 is 2.46 bits per heavy atom. The topological polar surface area (TPSA) is 108 Å². The van der Waals surface area contributed by atoms with Crippen LogP contribution in [0.15, 0.2) is 46.2 Å². The molecule has 1 saturated heterocycles. The molecule has 0 unspecified atom stereocenters. The predicted molar refractivity (Wildman–Crippen MR) is 117 cm³/mol. The summed E-state index contributed by atoms with van der Waals surface area (Å²) in [6.45, 7) is -1.70. The van der Waals surface area contributed by atoms with Crippen LogP contribution in [0.4, 0.5) is 23.4 Å². The van der Waals surface area contributed by atoms with E-state index < -0.39 is 48.8 Å². The molecule has 35 heavy (non-hydrogen) atoms. The predicted octanol–water partition coefficient (Wildman–Crippen LogP) is 3.25. The first-order valence-corrected chi connectivity index (χ1v) is 10.3. The second-order valence-corrected chi connectivity index (χ2v) is 8.09. The van der Waals surface area contributed by atoms with E-state index in [2.05, 4.69) is 4.98 Å². The maximum atomic E-state index is 13.8. The van der Waals surface area contributed by atoms with Crippen molar-refractivity contribution in [3.63, 3.8) is 0 Å². The van der Waals surface area contributed by atoms with Crippen molar-refractivity contribution in [2.45, 2.75) is 12.7 Å². The molecule has 13 heteroatoms. The van der Waals surface area contributed by atoms with E-state index >= 15 is 0 Å². The SMILES string of the molecule is N#CCn1c(N2CC(C(F)(F)F)C2)c(-c2ccc(F)c(Cl)c2)c(=O)n(-c2cncc(C#N)c2)c1=O. The van der Waals surface area contributed by atoms with Crippen LogP contribution >= 0.6 is 11.6 Å². The van der Waals surface area contributed by atoms with E-state index in [4.69, 9.17) is 16.9 Å². The lowest BCUT2D eigenvalue weighted by Gasteiger charge is -2.43. The average Bonchev–Trinajstić information content (AvgIpc) is 2.77. The second-order valence-electron chi connectivity index (χ2n) is 7.68. The third-order valence-electron chi connectivity index (χ3n) is 5.51. The first kappa shape index (κ1) is 24.0. The van der Waals surface area contributed by atoms with Crippen molar-refractivity contribution < 1.29 is 17.6 Å². The summed E-state index contributed by atoms with van der Waals surface area (Å²) in [5.74, 6) is -2.71. The molecule has 0 saturated carbocycles. The zero-order valence-corrected chi connectivity index (χ0v) is 18.3. The number of aromatic nitrogens is 3. The monoisotopic (exact) mass is 504 g/mol. The molecule has 0 amide bonds. The number of hydrogen-bond donors (Lipinski definition) is 0. The zero-order valence-electron chi connectivity index (χ0n) is 17.6. The van der Waals surface area contributed by atoms with Crippen LogP contribution in [0.1, 0.15) is 5.56 Å². The largest absolute Gasteiger partial charge is 0.395 e. The van der Waals surface area contributed by atoms with Crippen molar-refractivity contribution >= 4 is 17.4 Å². The van der Waals surface area contributed by atoms with E-state index in [1.54, 1.807) is 6.07 Å². The highest BCUT2D eigenvalue weighted by Crippen LogP contribution is 2.39. The van der Waals surface area contributed by atoms with Crippen molar-refractivity contribution in [2.24, 2.45) is 5.92 Å². The van der Waals surface area contributed by atoms with Crippen LogP contribution in [-0.4, -0.2) is 33.4 Å². The number of nitrogens with zero attached hydrogens (tertiary/aromatic N) is 6. The molecule has 1 aliphatic heterocycles. The van der Waals surface area contributed by atoms with E-state index in [1.807, 2.05) is 6.07 Å². The lowest BCUT2D eigenvalue weighted by Crippen LogP contribution is -2.56. The minimum absolute atomic E-state index is 0.0247. The Balaban J connectivity index is 2.06. The van der Waals surface area contributed by atoms with Crippen LogP contribution < -0.4 is 16.1 Å². The molecule has 1 fully saturated rings. The molecule has 1 aliphatic rings. The average molecular weight is 505 g/mol. The Morgan fingerprint density at radius 1 is 1.14 bits per heavy atom. The molecule has 0 spiro atoms. The van der Waals surface area contributed by atoms with Crippen molar-refractivity contribution in [1.29, 1.82) is 10.5 Å². The summed E-state index contributed by atoms with van der Waals surface area (Å²) in [7, 11) is 0. The molecular formula is C22H13ClF4N6O2. The van der Waals surface area contributed by atoms with Crippen LogP contribution in [0.2, 0.25) is 5.02 Å². The molecule has 0 radical (unpaired) electrons. The Labute approximate surface area is 199 Å². The number of halogens is 5. The summed E-state index contributed by atoms with van der Waals surface area (Å²) < 4.78 is 54.9. The van der Waals surface area contributed by atoms with Gasteiger partial charge in [-0.15, -0.1) is 0 Å². The number of hydrogen-bond acceptors (Lipinski definition) is 6. The summed E-state index contributed by atoms with van der Waals surface area (Å²) in [6, 6.07) is 8.09. The quantitative estimate of drug-likeness (QED) is 0.505. The highest BCUT2D eigenvalue weighted by molar-refractivity contribution is 6.31. The van der Waals surface area contributed by atoms with Gasteiger partial charge in [0, 0.05) is 19.3 Å². The fourth-order valence-corrected chi connectivity index (χ4v) is 3.96. The number of rotatable bonds is 4. The fourth-order valence-electron chi connectivity index (χ4n) is 3.78. The molecule has 4 rings (SSSR count). The van der Waals surface area contributed by atoms with Crippen molar-refractivity contribution in [2.75, 3.05) is 18.0 Å². The van der Waals surface area contributed by atoms with Crippen LogP contribution in [0.5, 0.6) is 0 Å². The van der Waals surface area contributed by atoms with Gasteiger partial charge in [0.1, 0.15) is 24.2 Å². The molecule has 3 aromatic rings. The highest BCUT2D eigenvalue weighted by Gasteiger charge is 2.48. The van der Waals surface area contributed by atoms with Gasteiger partial charge in [0.15, 0.2) is 0 Å². The number of anilines is 1. The van der Waals surface area contributed by atoms with Crippen LogP contribution in [0, 0.1) is 34.4 Å². The van der Waals surface area contributed by atoms with Crippen LogP contribution in [0.25, 0.3) is 16.8 Å². The summed E-state index contributed by atoms with van der Waals surface area (Å²) in [6.07, 6.45) is -2.14. The normalized spacial score (nSPS) is 13.7. The molecule has 178 valence electrons. The van der Waals surface area contributed by atoms with Crippen LogP contribution in [0.3, 0.4) is 0 Å². The van der Waals surface area contributed by atoms with Gasteiger partial charge in [-0.05, 0) is 23.8 Å². The third kappa shape index (κ3) is 4.24.